The first kappa shape index (κ1) is 18.6. The van der Waals surface area contributed by atoms with Gasteiger partial charge in [0.15, 0.2) is 11.5 Å². The number of hydrogen-bond donors (Lipinski definition) is 1. The summed E-state index contributed by atoms with van der Waals surface area (Å²) in [7, 11) is 1.91. The van der Waals surface area contributed by atoms with Crippen LogP contribution in [0.3, 0.4) is 0 Å². The number of nitrogens with zero attached hydrogens (tertiary/aromatic N) is 4. The molecule has 1 aliphatic heterocycles. The quantitative estimate of drug-likeness (QED) is 0.520. The van der Waals surface area contributed by atoms with Crippen LogP contribution in [0, 0.1) is 6.92 Å². The molecule has 1 aliphatic rings. The van der Waals surface area contributed by atoms with E-state index in [1.165, 1.54) is 4.88 Å². The summed E-state index contributed by atoms with van der Waals surface area (Å²) in [6, 6.07) is 8.07. The van der Waals surface area contributed by atoms with E-state index in [2.05, 4.69) is 21.5 Å². The third kappa shape index (κ3) is 3.61. The van der Waals surface area contributed by atoms with Crippen LogP contribution in [0.1, 0.15) is 10.6 Å². The molecule has 0 amide bonds. The summed E-state index contributed by atoms with van der Waals surface area (Å²) < 4.78 is 13.2. The summed E-state index contributed by atoms with van der Waals surface area (Å²) in [5, 5.41) is 7.81. The first-order valence-corrected chi connectivity index (χ1v) is 10.6. The van der Waals surface area contributed by atoms with Crippen molar-refractivity contribution in [3.8, 4) is 33.9 Å². The molecule has 0 bridgehead atoms. The van der Waals surface area contributed by atoms with Gasteiger partial charge in [-0.3, -0.25) is 9.67 Å². The van der Waals surface area contributed by atoms with Crippen LogP contribution < -0.4 is 14.8 Å². The second-order valence-electron chi connectivity index (χ2n) is 7.10. The minimum absolute atomic E-state index is 0.555. The van der Waals surface area contributed by atoms with Crippen LogP contribution in [0.2, 0.25) is 0 Å². The highest BCUT2D eigenvalue weighted by atomic mass is 32.1. The number of hydrogen-bond acceptors (Lipinski definition) is 7. The molecule has 4 heterocycles. The average molecular weight is 420 g/mol. The Balaban J connectivity index is 1.52. The Morgan fingerprint density at radius 3 is 2.70 bits per heavy atom. The van der Waals surface area contributed by atoms with E-state index in [0.29, 0.717) is 19.8 Å². The monoisotopic (exact) mass is 419 g/mol. The van der Waals surface area contributed by atoms with Gasteiger partial charge in [0, 0.05) is 34.8 Å². The molecule has 30 heavy (non-hydrogen) atoms. The number of fused-ring (bicyclic) bond motifs is 1. The van der Waals surface area contributed by atoms with E-state index >= 15 is 0 Å². The molecule has 152 valence electrons. The number of rotatable bonds is 5. The molecule has 0 aliphatic carbocycles. The number of pyridine rings is 1. The SMILES string of the molecule is Cc1ncsc1CNc1cnc(-c2ccc3c(c2)OCCO3)c(-c2cnn(C)c2)c1. The highest BCUT2D eigenvalue weighted by molar-refractivity contribution is 7.09. The predicted molar refractivity (Wildman–Crippen MR) is 117 cm³/mol. The molecule has 0 saturated carbocycles. The van der Waals surface area contributed by atoms with Crippen molar-refractivity contribution in [1.82, 2.24) is 19.7 Å². The Bertz CT molecular complexity index is 1200. The minimum atomic E-state index is 0.555. The molecule has 1 aromatic carbocycles. The Kier molecular flexibility index (Phi) is 4.84. The second-order valence-corrected chi connectivity index (χ2v) is 8.04. The van der Waals surface area contributed by atoms with Crippen molar-refractivity contribution >= 4 is 17.0 Å². The lowest BCUT2D eigenvalue weighted by atomic mass is 10.0. The van der Waals surface area contributed by atoms with Crippen molar-refractivity contribution in [2.75, 3.05) is 18.5 Å². The van der Waals surface area contributed by atoms with Gasteiger partial charge in [0.2, 0.25) is 0 Å². The molecule has 8 heteroatoms. The van der Waals surface area contributed by atoms with Gasteiger partial charge in [-0.25, -0.2) is 4.98 Å². The summed E-state index contributed by atoms with van der Waals surface area (Å²) in [6.07, 6.45) is 5.72. The standard InChI is InChI=1S/C22H21N5O2S/c1-14-21(30-13-25-14)11-23-17-8-18(16-9-26-27(2)12-16)22(24-10-17)15-3-4-19-20(7-15)29-6-5-28-19/h3-4,7-10,12-13,23H,5-6,11H2,1-2H3. The van der Waals surface area contributed by atoms with E-state index in [9.17, 15) is 0 Å². The van der Waals surface area contributed by atoms with E-state index in [1.807, 2.05) is 56.3 Å². The number of anilines is 1. The maximum Gasteiger partial charge on any atom is 0.162 e. The number of aromatic nitrogens is 4. The molecule has 1 N–H and O–H groups in total. The zero-order valence-electron chi connectivity index (χ0n) is 16.8. The summed E-state index contributed by atoms with van der Waals surface area (Å²) in [5.74, 6) is 1.52. The van der Waals surface area contributed by atoms with Crippen molar-refractivity contribution in [3.63, 3.8) is 0 Å². The lowest BCUT2D eigenvalue weighted by Crippen LogP contribution is -2.15. The van der Waals surface area contributed by atoms with Crippen LogP contribution in [0.4, 0.5) is 5.69 Å². The van der Waals surface area contributed by atoms with E-state index in [1.54, 1.807) is 16.0 Å². The normalized spacial score (nSPS) is 12.7. The van der Waals surface area contributed by atoms with E-state index in [4.69, 9.17) is 14.5 Å². The molecule has 0 atom stereocenters. The van der Waals surface area contributed by atoms with Crippen molar-refractivity contribution < 1.29 is 9.47 Å². The summed E-state index contributed by atoms with van der Waals surface area (Å²) in [4.78, 5) is 10.3. The highest BCUT2D eigenvalue weighted by Crippen LogP contribution is 2.38. The maximum atomic E-state index is 5.76. The van der Waals surface area contributed by atoms with Crippen LogP contribution >= 0.6 is 11.3 Å². The Hall–Kier alpha value is -3.39. The van der Waals surface area contributed by atoms with Gasteiger partial charge in [0.25, 0.3) is 0 Å². The molecule has 4 aromatic rings. The number of ether oxygens (including phenoxy) is 2. The molecule has 3 aromatic heterocycles. The van der Waals surface area contributed by atoms with Crippen LogP contribution in [-0.2, 0) is 13.6 Å². The van der Waals surface area contributed by atoms with Crippen molar-refractivity contribution in [1.29, 1.82) is 0 Å². The maximum absolute atomic E-state index is 5.76. The van der Waals surface area contributed by atoms with Gasteiger partial charge in [-0.2, -0.15) is 5.10 Å². The van der Waals surface area contributed by atoms with Crippen LogP contribution in [0.15, 0.2) is 48.4 Å². The van der Waals surface area contributed by atoms with Crippen LogP contribution in [0.25, 0.3) is 22.4 Å². The highest BCUT2D eigenvalue weighted by Gasteiger charge is 2.17. The van der Waals surface area contributed by atoms with Crippen molar-refractivity contribution in [2.24, 2.45) is 7.05 Å². The third-order valence-electron chi connectivity index (χ3n) is 5.02. The van der Waals surface area contributed by atoms with Gasteiger partial charge < -0.3 is 14.8 Å². The third-order valence-corrected chi connectivity index (χ3v) is 5.95. The fourth-order valence-corrected chi connectivity index (χ4v) is 4.16. The van der Waals surface area contributed by atoms with E-state index in [-0.39, 0.29) is 0 Å². The minimum Gasteiger partial charge on any atom is -0.486 e. The van der Waals surface area contributed by atoms with Crippen LogP contribution in [0.5, 0.6) is 11.5 Å². The molecule has 0 saturated heterocycles. The molecular weight excluding hydrogens is 398 g/mol. The summed E-state index contributed by atoms with van der Waals surface area (Å²) in [6.45, 7) is 3.87. The Labute approximate surface area is 178 Å². The molecule has 0 unspecified atom stereocenters. The van der Waals surface area contributed by atoms with Gasteiger partial charge in [-0.05, 0) is 31.2 Å². The molecular formula is C22H21N5O2S. The lowest BCUT2D eigenvalue weighted by molar-refractivity contribution is 0.171. The van der Waals surface area contributed by atoms with Gasteiger partial charge >= 0.3 is 0 Å². The van der Waals surface area contributed by atoms with Gasteiger partial charge in [0.1, 0.15) is 13.2 Å². The second kappa shape index (κ2) is 7.79. The zero-order chi connectivity index (χ0) is 20.5. The Morgan fingerprint density at radius 2 is 1.93 bits per heavy atom. The zero-order valence-corrected chi connectivity index (χ0v) is 17.6. The number of nitrogens with one attached hydrogen (secondary N) is 1. The first-order chi connectivity index (χ1) is 14.7. The Morgan fingerprint density at radius 1 is 1.07 bits per heavy atom. The molecule has 7 nitrogen and oxygen atoms in total. The molecule has 0 spiro atoms. The largest absolute Gasteiger partial charge is 0.486 e. The summed E-state index contributed by atoms with van der Waals surface area (Å²) in [5.41, 5.74) is 7.74. The number of benzene rings is 1. The molecule has 5 rings (SSSR count). The number of aryl methyl sites for hydroxylation is 2. The topological polar surface area (TPSA) is 74.1 Å². The van der Waals surface area contributed by atoms with Crippen LogP contribution in [-0.4, -0.2) is 33.0 Å². The molecule has 0 radical (unpaired) electrons. The van der Waals surface area contributed by atoms with Gasteiger partial charge in [0.05, 0.1) is 41.5 Å². The lowest BCUT2D eigenvalue weighted by Gasteiger charge is -2.19. The van der Waals surface area contributed by atoms with Crippen molar-refractivity contribution in [3.05, 3.63) is 58.9 Å². The van der Waals surface area contributed by atoms with Gasteiger partial charge in [-0.1, -0.05) is 0 Å². The molecule has 0 fully saturated rings. The van der Waals surface area contributed by atoms with E-state index in [0.717, 1.165) is 45.3 Å². The van der Waals surface area contributed by atoms with E-state index < -0.39 is 0 Å². The predicted octanol–water partition coefficient (Wildman–Crippen LogP) is 4.30. The van der Waals surface area contributed by atoms with Crippen molar-refractivity contribution in [2.45, 2.75) is 13.5 Å². The average Bonchev–Trinajstić information content (AvgIpc) is 3.39. The van der Waals surface area contributed by atoms with Gasteiger partial charge in [-0.15, -0.1) is 11.3 Å². The summed E-state index contributed by atoms with van der Waals surface area (Å²) >= 11 is 1.65. The first-order valence-electron chi connectivity index (χ1n) is 9.69. The number of thiazole rings is 1. The smallest absolute Gasteiger partial charge is 0.162 e. The fraction of sp³-hybridized carbons (Fsp3) is 0.227. The fourth-order valence-electron chi connectivity index (χ4n) is 3.44.